The number of ether oxygens (including phenoxy) is 1. The van der Waals surface area contributed by atoms with Gasteiger partial charge in [-0.05, 0) is 48.7 Å². The maximum atomic E-state index is 11.0. The summed E-state index contributed by atoms with van der Waals surface area (Å²) in [6, 6.07) is 12.6. The SMILES string of the molecule is O=C(O)C(=O)COc1ccc(CCc2cnc3cc(Cl)ccc3n2)cc1. The second-order valence-corrected chi connectivity index (χ2v) is 6.09. The van der Waals surface area contributed by atoms with E-state index in [1.807, 2.05) is 18.2 Å². The Morgan fingerprint density at radius 3 is 2.54 bits per heavy atom. The third-order valence-corrected chi connectivity index (χ3v) is 3.99. The molecule has 7 heteroatoms. The number of fused-ring (bicyclic) bond motifs is 1. The van der Waals surface area contributed by atoms with Gasteiger partial charge in [-0.2, -0.15) is 0 Å². The van der Waals surface area contributed by atoms with Gasteiger partial charge in [0.15, 0.2) is 6.61 Å². The Kier molecular flexibility index (Phi) is 5.43. The van der Waals surface area contributed by atoms with Crippen molar-refractivity contribution in [1.29, 1.82) is 0 Å². The van der Waals surface area contributed by atoms with E-state index in [9.17, 15) is 9.59 Å². The lowest BCUT2D eigenvalue weighted by Gasteiger charge is -2.06. The van der Waals surface area contributed by atoms with Gasteiger partial charge in [0, 0.05) is 11.2 Å². The minimum atomic E-state index is -1.50. The first-order valence-electron chi connectivity index (χ1n) is 7.90. The molecular formula is C19H15ClN2O4. The predicted molar refractivity (Wildman–Crippen MR) is 96.5 cm³/mol. The number of hydrogen-bond donors (Lipinski definition) is 1. The average Bonchev–Trinajstić information content (AvgIpc) is 2.65. The number of carbonyl (C=O) groups excluding carboxylic acids is 1. The van der Waals surface area contributed by atoms with Crippen molar-refractivity contribution in [3.05, 3.63) is 64.9 Å². The van der Waals surface area contributed by atoms with Crippen molar-refractivity contribution in [3.63, 3.8) is 0 Å². The lowest BCUT2D eigenvalue weighted by molar-refractivity contribution is -0.150. The molecule has 1 N–H and O–H groups in total. The molecule has 1 heterocycles. The summed E-state index contributed by atoms with van der Waals surface area (Å²) in [6.07, 6.45) is 3.24. The van der Waals surface area contributed by atoms with E-state index in [1.54, 1.807) is 30.5 Å². The monoisotopic (exact) mass is 370 g/mol. The molecule has 0 unspecified atom stereocenters. The Morgan fingerprint density at radius 1 is 1.04 bits per heavy atom. The number of aryl methyl sites for hydroxylation is 2. The summed E-state index contributed by atoms with van der Waals surface area (Å²) >= 11 is 5.94. The molecule has 0 saturated carbocycles. The molecule has 0 aliphatic rings. The highest BCUT2D eigenvalue weighted by atomic mass is 35.5. The van der Waals surface area contributed by atoms with Crippen molar-refractivity contribution in [2.24, 2.45) is 0 Å². The largest absolute Gasteiger partial charge is 0.485 e. The number of aliphatic carboxylic acids is 1. The van der Waals surface area contributed by atoms with Crippen molar-refractivity contribution in [1.82, 2.24) is 9.97 Å². The fourth-order valence-electron chi connectivity index (χ4n) is 2.38. The first kappa shape index (κ1) is 17.8. The molecule has 3 aromatic rings. The van der Waals surface area contributed by atoms with Gasteiger partial charge in [0.05, 0.1) is 16.7 Å². The van der Waals surface area contributed by atoms with Crippen molar-refractivity contribution in [2.75, 3.05) is 6.61 Å². The molecular weight excluding hydrogens is 356 g/mol. The molecule has 0 radical (unpaired) electrons. The fourth-order valence-corrected chi connectivity index (χ4v) is 2.54. The zero-order chi connectivity index (χ0) is 18.5. The summed E-state index contributed by atoms with van der Waals surface area (Å²) in [6.45, 7) is -0.481. The standard InChI is InChI=1S/C19H15ClN2O4/c20-13-4-8-16-17(9-13)21-10-14(22-16)5-1-12-2-6-15(7-3-12)26-11-18(23)19(24)25/h2-4,6-10H,1,5,11H2,(H,24,25). The van der Waals surface area contributed by atoms with E-state index in [4.69, 9.17) is 21.4 Å². The van der Waals surface area contributed by atoms with Gasteiger partial charge in [0.25, 0.3) is 5.78 Å². The third kappa shape index (κ3) is 4.55. The number of carbonyl (C=O) groups is 2. The number of carboxylic acid groups (broad SMARTS) is 1. The zero-order valence-corrected chi connectivity index (χ0v) is 14.4. The lowest BCUT2D eigenvalue weighted by Crippen LogP contribution is -2.20. The fraction of sp³-hybridized carbons (Fsp3) is 0.158. The van der Waals surface area contributed by atoms with Crippen LogP contribution in [0, 0.1) is 0 Å². The van der Waals surface area contributed by atoms with Gasteiger partial charge < -0.3 is 9.84 Å². The number of rotatable bonds is 7. The minimum Gasteiger partial charge on any atom is -0.485 e. The van der Waals surface area contributed by atoms with Crippen molar-refractivity contribution >= 4 is 34.4 Å². The molecule has 3 rings (SSSR count). The normalized spacial score (nSPS) is 10.7. The number of hydrogen-bond acceptors (Lipinski definition) is 5. The Bertz CT molecular complexity index is 957. The number of Topliss-reactive ketones (excluding diaryl/α,β-unsaturated/α-hetero) is 1. The van der Waals surface area contributed by atoms with Crippen LogP contribution in [0.2, 0.25) is 5.02 Å². The van der Waals surface area contributed by atoms with Gasteiger partial charge in [-0.1, -0.05) is 23.7 Å². The van der Waals surface area contributed by atoms with Crippen LogP contribution in [0.3, 0.4) is 0 Å². The lowest BCUT2D eigenvalue weighted by atomic mass is 10.1. The summed E-state index contributed by atoms with van der Waals surface area (Å²) in [7, 11) is 0. The summed E-state index contributed by atoms with van der Waals surface area (Å²) in [5.41, 5.74) is 3.52. The van der Waals surface area contributed by atoms with E-state index in [2.05, 4.69) is 9.97 Å². The van der Waals surface area contributed by atoms with Crippen molar-refractivity contribution < 1.29 is 19.4 Å². The van der Waals surface area contributed by atoms with Crippen LogP contribution in [0.25, 0.3) is 11.0 Å². The van der Waals surface area contributed by atoms with Crippen LogP contribution < -0.4 is 4.74 Å². The van der Waals surface area contributed by atoms with Crippen LogP contribution in [-0.2, 0) is 22.4 Å². The molecule has 0 bridgehead atoms. The number of nitrogens with zero attached hydrogens (tertiary/aromatic N) is 2. The van der Waals surface area contributed by atoms with E-state index >= 15 is 0 Å². The summed E-state index contributed by atoms with van der Waals surface area (Å²) < 4.78 is 5.14. The molecule has 0 amide bonds. The minimum absolute atomic E-state index is 0.450. The molecule has 6 nitrogen and oxygen atoms in total. The van der Waals surface area contributed by atoms with Gasteiger partial charge >= 0.3 is 5.97 Å². The molecule has 0 saturated heterocycles. The number of aromatic nitrogens is 2. The average molecular weight is 371 g/mol. The summed E-state index contributed by atoms with van der Waals surface area (Å²) in [4.78, 5) is 30.4. The third-order valence-electron chi connectivity index (χ3n) is 3.76. The van der Waals surface area contributed by atoms with Crippen LogP contribution in [0.15, 0.2) is 48.7 Å². The summed E-state index contributed by atoms with van der Waals surface area (Å²) in [5.74, 6) is -2.03. The van der Waals surface area contributed by atoms with E-state index < -0.39 is 18.4 Å². The van der Waals surface area contributed by atoms with E-state index in [0.29, 0.717) is 10.8 Å². The number of halogens is 1. The first-order chi connectivity index (χ1) is 12.5. The van der Waals surface area contributed by atoms with E-state index in [-0.39, 0.29) is 0 Å². The molecule has 0 aliphatic carbocycles. The van der Waals surface area contributed by atoms with Crippen LogP contribution in [0.4, 0.5) is 0 Å². The van der Waals surface area contributed by atoms with Gasteiger partial charge in [0.2, 0.25) is 0 Å². The molecule has 2 aromatic carbocycles. The van der Waals surface area contributed by atoms with Gasteiger partial charge in [-0.15, -0.1) is 0 Å². The van der Waals surface area contributed by atoms with Gasteiger partial charge in [-0.3, -0.25) is 9.78 Å². The maximum absolute atomic E-state index is 11.0. The van der Waals surface area contributed by atoms with Crippen molar-refractivity contribution in [2.45, 2.75) is 12.8 Å². The Morgan fingerprint density at radius 2 is 1.81 bits per heavy atom. The highest BCUT2D eigenvalue weighted by Crippen LogP contribution is 2.17. The Hall–Kier alpha value is -2.99. The molecule has 0 atom stereocenters. The van der Waals surface area contributed by atoms with Gasteiger partial charge in [0.1, 0.15) is 5.75 Å². The Labute approximate surface area is 154 Å². The zero-order valence-electron chi connectivity index (χ0n) is 13.7. The molecule has 0 fully saturated rings. The molecule has 0 aliphatic heterocycles. The Balaban J connectivity index is 1.58. The quantitative estimate of drug-likeness (QED) is 0.643. The molecule has 26 heavy (non-hydrogen) atoms. The second-order valence-electron chi connectivity index (χ2n) is 5.66. The highest BCUT2D eigenvalue weighted by Gasteiger charge is 2.11. The van der Waals surface area contributed by atoms with Gasteiger partial charge in [-0.25, -0.2) is 9.78 Å². The van der Waals surface area contributed by atoms with Crippen LogP contribution in [-0.4, -0.2) is 33.4 Å². The van der Waals surface area contributed by atoms with Crippen LogP contribution in [0.1, 0.15) is 11.3 Å². The molecule has 132 valence electrons. The number of ketones is 1. The highest BCUT2D eigenvalue weighted by molar-refractivity contribution is 6.33. The molecule has 1 aromatic heterocycles. The van der Waals surface area contributed by atoms with Crippen LogP contribution >= 0.6 is 11.6 Å². The first-order valence-corrected chi connectivity index (χ1v) is 8.28. The van der Waals surface area contributed by atoms with E-state index in [1.165, 1.54) is 0 Å². The number of benzene rings is 2. The molecule has 0 spiro atoms. The maximum Gasteiger partial charge on any atom is 0.375 e. The second kappa shape index (κ2) is 7.93. The number of carboxylic acids is 1. The predicted octanol–water partition coefficient (Wildman–Crippen LogP) is 3.10. The topological polar surface area (TPSA) is 89.4 Å². The summed E-state index contributed by atoms with van der Waals surface area (Å²) in [5, 5.41) is 9.15. The van der Waals surface area contributed by atoms with E-state index in [0.717, 1.165) is 35.1 Å². The van der Waals surface area contributed by atoms with Crippen molar-refractivity contribution in [3.8, 4) is 5.75 Å². The smallest absolute Gasteiger partial charge is 0.375 e. The van der Waals surface area contributed by atoms with Crippen LogP contribution in [0.5, 0.6) is 5.75 Å².